The zero-order chi connectivity index (χ0) is 20.6. The average molecular weight is 396 g/mol. The van der Waals surface area contributed by atoms with Gasteiger partial charge >= 0.3 is 0 Å². The number of hydrogen-bond acceptors (Lipinski definition) is 5. The molecule has 0 fully saturated rings. The van der Waals surface area contributed by atoms with Gasteiger partial charge in [-0.05, 0) is 49.2 Å². The number of nitrogens with two attached hydrogens (primary N) is 1. The van der Waals surface area contributed by atoms with E-state index in [-0.39, 0.29) is 18.9 Å². The average Bonchev–Trinajstić information content (AvgIpc) is 3.10. The third-order valence-corrected chi connectivity index (χ3v) is 4.71. The first kappa shape index (κ1) is 20.8. The molecule has 4 N–H and O–H groups in total. The van der Waals surface area contributed by atoms with Crippen LogP contribution in [0, 0.1) is 6.92 Å². The maximum Gasteiger partial charge on any atom is 0.221 e. The number of nitrogens with one attached hydrogen (secondary N) is 1. The molecule has 0 aliphatic carbocycles. The molecule has 1 amide bonds. The fraction of sp³-hybridized carbons (Fsp3) is 0.364. The van der Waals surface area contributed by atoms with Crippen molar-refractivity contribution in [3.8, 4) is 5.75 Å². The van der Waals surface area contributed by atoms with Gasteiger partial charge in [0.15, 0.2) is 0 Å². The normalized spacial score (nSPS) is 12.2. The molecule has 7 nitrogen and oxygen atoms in total. The highest BCUT2D eigenvalue weighted by Gasteiger charge is 2.08. The van der Waals surface area contributed by atoms with Crippen LogP contribution >= 0.6 is 0 Å². The Morgan fingerprint density at radius 3 is 2.93 bits per heavy atom. The Bertz CT molecular complexity index is 954. The minimum Gasteiger partial charge on any atom is -0.491 e. The number of amides is 1. The van der Waals surface area contributed by atoms with Crippen LogP contribution in [-0.4, -0.2) is 46.4 Å². The Balaban J connectivity index is 1.35. The van der Waals surface area contributed by atoms with Gasteiger partial charge in [-0.25, -0.2) is 4.98 Å². The highest BCUT2D eigenvalue weighted by atomic mass is 16.5. The molecule has 0 bridgehead atoms. The van der Waals surface area contributed by atoms with Gasteiger partial charge in [0.25, 0.3) is 0 Å². The molecule has 1 unspecified atom stereocenters. The molecule has 0 radical (unpaired) electrons. The number of carbonyl (C=O) groups excluding carboxylic acids is 1. The summed E-state index contributed by atoms with van der Waals surface area (Å²) < 4.78 is 7.84. The second-order valence-corrected chi connectivity index (χ2v) is 7.19. The van der Waals surface area contributed by atoms with E-state index >= 15 is 0 Å². The van der Waals surface area contributed by atoms with Gasteiger partial charge < -0.3 is 25.5 Å². The van der Waals surface area contributed by atoms with Crippen LogP contribution in [0.3, 0.4) is 0 Å². The number of aliphatic hydroxyl groups is 1. The van der Waals surface area contributed by atoms with Crippen LogP contribution in [0.15, 0.2) is 48.8 Å². The number of imidazole rings is 1. The van der Waals surface area contributed by atoms with Crippen molar-refractivity contribution in [2.45, 2.75) is 32.4 Å². The Kier molecular flexibility index (Phi) is 7.21. The first-order valence-corrected chi connectivity index (χ1v) is 9.82. The zero-order valence-corrected chi connectivity index (χ0v) is 16.7. The number of para-hydroxylation sites is 2. The Morgan fingerprint density at radius 2 is 2.14 bits per heavy atom. The van der Waals surface area contributed by atoms with Gasteiger partial charge in [0.05, 0.1) is 23.8 Å². The van der Waals surface area contributed by atoms with Gasteiger partial charge in [-0.3, -0.25) is 4.79 Å². The number of fused-ring (bicyclic) bond motifs is 1. The quantitative estimate of drug-likeness (QED) is 0.429. The fourth-order valence-corrected chi connectivity index (χ4v) is 3.26. The summed E-state index contributed by atoms with van der Waals surface area (Å²) in [5.74, 6) is 0.338. The molecule has 0 aliphatic heterocycles. The van der Waals surface area contributed by atoms with Gasteiger partial charge in [-0.1, -0.05) is 24.3 Å². The Morgan fingerprint density at radius 1 is 1.31 bits per heavy atom. The molecule has 1 heterocycles. The standard InChI is InChI=1S/C22H28N4O3/c1-16-11-17(12-22(23)28)7-8-21(16)29-14-18(27)13-24-9-4-10-26-15-25-19-5-2-3-6-20(19)26/h2-3,5-8,11,15,18,24,27H,4,9-10,12-14H2,1H3,(H2,23,28). The summed E-state index contributed by atoms with van der Waals surface area (Å²) in [6, 6.07) is 13.6. The molecule has 1 aromatic heterocycles. The number of aliphatic hydroxyl groups excluding tert-OH is 1. The fourth-order valence-electron chi connectivity index (χ4n) is 3.26. The number of rotatable bonds is 11. The number of hydrogen-bond donors (Lipinski definition) is 3. The molecular weight excluding hydrogens is 368 g/mol. The van der Waals surface area contributed by atoms with Crippen LogP contribution in [-0.2, 0) is 17.8 Å². The van der Waals surface area contributed by atoms with Gasteiger partial charge in [0, 0.05) is 13.1 Å². The number of nitrogens with zero attached hydrogens (tertiary/aromatic N) is 2. The lowest BCUT2D eigenvalue weighted by molar-refractivity contribution is -0.117. The van der Waals surface area contributed by atoms with E-state index in [0.29, 0.717) is 12.3 Å². The second-order valence-electron chi connectivity index (χ2n) is 7.19. The lowest BCUT2D eigenvalue weighted by Gasteiger charge is -2.15. The van der Waals surface area contributed by atoms with Crippen molar-refractivity contribution in [2.75, 3.05) is 19.7 Å². The number of carbonyl (C=O) groups is 1. The van der Waals surface area contributed by atoms with Crippen molar-refractivity contribution in [1.82, 2.24) is 14.9 Å². The summed E-state index contributed by atoms with van der Waals surface area (Å²) in [5, 5.41) is 13.4. The van der Waals surface area contributed by atoms with Crippen molar-refractivity contribution in [1.29, 1.82) is 0 Å². The summed E-state index contributed by atoms with van der Waals surface area (Å²) in [6.07, 6.45) is 2.41. The molecule has 29 heavy (non-hydrogen) atoms. The van der Waals surface area contributed by atoms with Crippen LogP contribution < -0.4 is 15.8 Å². The van der Waals surface area contributed by atoms with Crippen molar-refractivity contribution >= 4 is 16.9 Å². The molecule has 3 aromatic rings. The maximum atomic E-state index is 11.0. The first-order valence-electron chi connectivity index (χ1n) is 9.82. The molecule has 0 saturated heterocycles. The molecule has 3 rings (SSSR count). The summed E-state index contributed by atoms with van der Waals surface area (Å²) in [4.78, 5) is 15.4. The van der Waals surface area contributed by atoms with Gasteiger partial charge in [-0.15, -0.1) is 0 Å². The third kappa shape index (κ3) is 6.04. The summed E-state index contributed by atoms with van der Waals surface area (Å²) in [7, 11) is 0. The van der Waals surface area contributed by atoms with Crippen molar-refractivity contribution in [3.63, 3.8) is 0 Å². The number of ether oxygens (including phenoxy) is 1. The van der Waals surface area contributed by atoms with Gasteiger partial charge in [0.1, 0.15) is 18.5 Å². The van der Waals surface area contributed by atoms with Gasteiger partial charge in [-0.2, -0.15) is 0 Å². The summed E-state index contributed by atoms with van der Waals surface area (Å²) >= 11 is 0. The lowest BCUT2D eigenvalue weighted by Crippen LogP contribution is -2.32. The minimum atomic E-state index is -0.603. The zero-order valence-electron chi connectivity index (χ0n) is 16.7. The Labute approximate surface area is 170 Å². The Hall–Kier alpha value is -2.90. The topological polar surface area (TPSA) is 102 Å². The predicted molar refractivity (Wildman–Crippen MR) is 113 cm³/mol. The number of benzene rings is 2. The second kappa shape index (κ2) is 10.0. The van der Waals surface area contributed by atoms with E-state index in [9.17, 15) is 9.90 Å². The summed E-state index contributed by atoms with van der Waals surface area (Å²) in [6.45, 7) is 4.24. The van der Waals surface area contributed by atoms with E-state index in [4.69, 9.17) is 10.5 Å². The van der Waals surface area contributed by atoms with Crippen molar-refractivity contribution < 1.29 is 14.6 Å². The lowest BCUT2D eigenvalue weighted by atomic mass is 10.1. The van der Waals surface area contributed by atoms with Crippen LogP contribution in [0.4, 0.5) is 0 Å². The summed E-state index contributed by atoms with van der Waals surface area (Å²) in [5.41, 5.74) is 9.13. The van der Waals surface area contributed by atoms with E-state index < -0.39 is 6.10 Å². The van der Waals surface area contributed by atoms with Crippen LogP contribution in [0.5, 0.6) is 5.75 Å². The monoisotopic (exact) mass is 396 g/mol. The SMILES string of the molecule is Cc1cc(CC(N)=O)ccc1OCC(O)CNCCCn1cnc2ccccc21. The van der Waals surface area contributed by atoms with Crippen LogP contribution in [0.1, 0.15) is 17.5 Å². The molecule has 0 aliphatic rings. The van der Waals surface area contributed by atoms with E-state index in [1.165, 1.54) is 0 Å². The molecule has 1 atom stereocenters. The molecule has 7 heteroatoms. The maximum absolute atomic E-state index is 11.0. The number of primary amides is 1. The van der Waals surface area contributed by atoms with E-state index in [1.807, 2.05) is 49.6 Å². The molecule has 0 saturated carbocycles. The van der Waals surface area contributed by atoms with Crippen LogP contribution in [0.25, 0.3) is 11.0 Å². The highest BCUT2D eigenvalue weighted by molar-refractivity contribution is 5.76. The van der Waals surface area contributed by atoms with E-state index in [0.717, 1.165) is 41.7 Å². The number of aryl methyl sites for hydroxylation is 2. The molecule has 2 aromatic carbocycles. The van der Waals surface area contributed by atoms with E-state index in [2.05, 4.69) is 20.9 Å². The first-order chi connectivity index (χ1) is 14.0. The van der Waals surface area contributed by atoms with Crippen molar-refractivity contribution in [3.05, 3.63) is 59.9 Å². The third-order valence-electron chi connectivity index (χ3n) is 4.71. The molecular formula is C22H28N4O3. The smallest absolute Gasteiger partial charge is 0.221 e. The highest BCUT2D eigenvalue weighted by Crippen LogP contribution is 2.19. The molecule has 0 spiro atoms. The molecule has 154 valence electrons. The van der Waals surface area contributed by atoms with Crippen molar-refractivity contribution in [2.24, 2.45) is 5.73 Å². The van der Waals surface area contributed by atoms with Gasteiger partial charge in [0.2, 0.25) is 5.91 Å². The largest absolute Gasteiger partial charge is 0.491 e. The predicted octanol–water partition coefficient (Wildman–Crippen LogP) is 1.79. The van der Waals surface area contributed by atoms with E-state index in [1.54, 1.807) is 0 Å². The minimum absolute atomic E-state index is 0.204. The number of aromatic nitrogens is 2. The van der Waals surface area contributed by atoms with Crippen LogP contribution in [0.2, 0.25) is 0 Å².